The standard InChI is InChI=1S/C22H30F6N2O6/c1-11(17(2,3)20-15(29-20)30-20)35-13-8-6-12(7-9-13)18(4,5)36-14(31)10-34-16(32)19(33,21(23,24)25)22(26,27)28/h12-13,15,29-30,33H,1,6-10H2,2-5H3. The summed E-state index contributed by atoms with van der Waals surface area (Å²) in [5, 5.41) is 15.6. The molecular weight excluding hydrogens is 502 g/mol. The summed E-state index contributed by atoms with van der Waals surface area (Å²) in [6, 6.07) is 0. The van der Waals surface area contributed by atoms with Crippen LogP contribution in [0.25, 0.3) is 0 Å². The molecule has 1 saturated carbocycles. The number of carbonyl (C=O) groups is 2. The second-order valence-corrected chi connectivity index (χ2v) is 10.5. The quantitative estimate of drug-likeness (QED) is 0.179. The first kappa shape index (κ1) is 28.5. The Morgan fingerprint density at radius 2 is 1.44 bits per heavy atom. The maximum Gasteiger partial charge on any atom is 0.437 e. The Balaban J connectivity index is 1.47. The molecule has 3 fully saturated rings. The van der Waals surface area contributed by atoms with Crippen molar-refractivity contribution in [2.45, 2.75) is 94.9 Å². The van der Waals surface area contributed by atoms with Gasteiger partial charge in [-0.3, -0.25) is 10.6 Å². The van der Waals surface area contributed by atoms with Crippen molar-refractivity contribution >= 4 is 11.9 Å². The van der Waals surface area contributed by atoms with E-state index < -0.39 is 42.1 Å². The smallest absolute Gasteiger partial charge is 0.437 e. The number of hydrogen-bond acceptors (Lipinski definition) is 8. The number of nitrogens with one attached hydrogen (secondary N) is 2. The van der Waals surface area contributed by atoms with E-state index in [2.05, 4.69) is 21.9 Å². The molecule has 8 nitrogen and oxygen atoms in total. The van der Waals surface area contributed by atoms with E-state index in [4.69, 9.17) is 14.6 Å². The van der Waals surface area contributed by atoms with Crippen LogP contribution in [0.15, 0.2) is 12.3 Å². The minimum atomic E-state index is -6.40. The molecule has 2 aliphatic heterocycles. The molecule has 0 aromatic carbocycles. The third-order valence-electron chi connectivity index (χ3n) is 7.47. The summed E-state index contributed by atoms with van der Waals surface area (Å²) in [4.78, 5) is 23.5. The van der Waals surface area contributed by atoms with E-state index in [-0.39, 0.29) is 29.3 Å². The number of hydrogen-bond donors (Lipinski definition) is 3. The van der Waals surface area contributed by atoms with Gasteiger partial charge < -0.3 is 19.3 Å². The maximum atomic E-state index is 12.7. The molecule has 3 rings (SSSR count). The second kappa shape index (κ2) is 8.76. The van der Waals surface area contributed by atoms with Crippen LogP contribution in [0.4, 0.5) is 26.3 Å². The molecule has 3 aliphatic rings. The number of aliphatic hydroxyl groups is 1. The lowest BCUT2D eigenvalue weighted by Crippen LogP contribution is -2.63. The number of carbonyl (C=O) groups excluding carboxylic acids is 2. The summed E-state index contributed by atoms with van der Waals surface area (Å²) in [6.07, 6.45) is -10.3. The van der Waals surface area contributed by atoms with Gasteiger partial charge in [0.05, 0.1) is 23.4 Å². The van der Waals surface area contributed by atoms with Gasteiger partial charge in [-0.25, -0.2) is 9.59 Å². The lowest BCUT2D eigenvalue weighted by atomic mass is 9.77. The molecule has 0 atom stereocenters. The Morgan fingerprint density at radius 1 is 0.972 bits per heavy atom. The van der Waals surface area contributed by atoms with Crippen molar-refractivity contribution in [3.8, 4) is 0 Å². The molecule has 1 aliphatic carbocycles. The summed E-state index contributed by atoms with van der Waals surface area (Å²) in [5.41, 5.74) is -7.42. The molecule has 0 bridgehead atoms. The Kier molecular flexibility index (Phi) is 6.94. The summed E-state index contributed by atoms with van der Waals surface area (Å²) in [7, 11) is 0. The van der Waals surface area contributed by atoms with E-state index in [1.54, 1.807) is 13.8 Å². The zero-order valence-electron chi connectivity index (χ0n) is 20.2. The van der Waals surface area contributed by atoms with Crippen LogP contribution in [0.1, 0.15) is 53.4 Å². The lowest BCUT2D eigenvalue weighted by molar-refractivity contribution is -0.356. The molecule has 14 heteroatoms. The van der Waals surface area contributed by atoms with Gasteiger partial charge in [0.1, 0.15) is 11.3 Å². The molecule has 206 valence electrons. The van der Waals surface area contributed by atoms with Gasteiger partial charge in [0.15, 0.2) is 6.61 Å². The van der Waals surface area contributed by atoms with Crippen LogP contribution in [0.3, 0.4) is 0 Å². The molecule has 0 radical (unpaired) electrons. The molecule has 0 spiro atoms. The highest BCUT2D eigenvalue weighted by molar-refractivity contribution is 5.84. The molecule has 2 saturated heterocycles. The van der Waals surface area contributed by atoms with Gasteiger partial charge in [0.25, 0.3) is 0 Å². The van der Waals surface area contributed by atoms with E-state index >= 15 is 0 Å². The van der Waals surface area contributed by atoms with Crippen molar-refractivity contribution in [2.24, 2.45) is 11.3 Å². The molecule has 2 heterocycles. The minimum absolute atomic E-state index is 0.116. The van der Waals surface area contributed by atoms with E-state index in [1.807, 2.05) is 13.8 Å². The Hall–Kier alpha value is -2.06. The fraction of sp³-hybridized carbons (Fsp3) is 0.818. The number of fused-ring (bicyclic) bond motifs is 1. The predicted octanol–water partition coefficient (Wildman–Crippen LogP) is 3.05. The summed E-state index contributed by atoms with van der Waals surface area (Å²) >= 11 is 0. The minimum Gasteiger partial charge on any atom is -0.495 e. The highest BCUT2D eigenvalue weighted by Gasteiger charge is 2.78. The largest absolute Gasteiger partial charge is 0.495 e. The van der Waals surface area contributed by atoms with Gasteiger partial charge in [-0.2, -0.15) is 26.3 Å². The first-order chi connectivity index (χ1) is 16.2. The molecule has 3 N–H and O–H groups in total. The highest BCUT2D eigenvalue weighted by atomic mass is 19.4. The topological polar surface area (TPSA) is 126 Å². The highest BCUT2D eigenvalue weighted by Crippen LogP contribution is 2.55. The molecule has 0 aromatic rings. The number of esters is 2. The number of halogens is 6. The SMILES string of the molecule is C=C(OC1CCC(C(C)(C)OC(=O)COC(=O)C(O)(C(F)(F)F)C(F)(F)F)CC1)C(C)(C)C12NC1N2. The van der Waals surface area contributed by atoms with Gasteiger partial charge in [0.2, 0.25) is 0 Å². The molecule has 0 unspecified atom stereocenters. The van der Waals surface area contributed by atoms with E-state index in [1.165, 1.54) is 0 Å². The van der Waals surface area contributed by atoms with Crippen LogP contribution in [0.5, 0.6) is 0 Å². The summed E-state index contributed by atoms with van der Waals surface area (Å²) in [5.74, 6) is -3.97. The van der Waals surface area contributed by atoms with Crippen molar-refractivity contribution in [1.82, 2.24) is 10.6 Å². The van der Waals surface area contributed by atoms with E-state index in [0.29, 0.717) is 31.4 Å². The van der Waals surface area contributed by atoms with Crippen LogP contribution in [0, 0.1) is 11.3 Å². The Bertz CT molecular complexity index is 888. The zero-order valence-corrected chi connectivity index (χ0v) is 20.2. The van der Waals surface area contributed by atoms with Crippen LogP contribution in [-0.4, -0.2) is 65.1 Å². The first-order valence-corrected chi connectivity index (χ1v) is 11.4. The third-order valence-corrected chi connectivity index (χ3v) is 7.47. The Labute approximate surface area is 203 Å². The van der Waals surface area contributed by atoms with Crippen molar-refractivity contribution in [2.75, 3.05) is 6.61 Å². The number of ether oxygens (including phenoxy) is 3. The summed E-state index contributed by atoms with van der Waals surface area (Å²) in [6.45, 7) is 9.66. The van der Waals surface area contributed by atoms with Crippen molar-refractivity contribution in [3.05, 3.63) is 12.3 Å². The monoisotopic (exact) mass is 532 g/mol. The zero-order chi connectivity index (χ0) is 27.5. The molecule has 0 amide bonds. The average Bonchev–Trinajstić information content (AvgIpc) is 3.60. The van der Waals surface area contributed by atoms with Crippen LogP contribution in [-0.2, 0) is 23.8 Å². The molecular formula is C22H30F6N2O6. The van der Waals surface area contributed by atoms with Crippen LogP contribution < -0.4 is 10.6 Å². The van der Waals surface area contributed by atoms with Crippen LogP contribution >= 0.6 is 0 Å². The fourth-order valence-corrected chi connectivity index (χ4v) is 4.57. The summed E-state index contributed by atoms with van der Waals surface area (Å²) < 4.78 is 91.5. The number of alkyl halides is 6. The van der Waals surface area contributed by atoms with E-state index in [0.717, 1.165) is 0 Å². The van der Waals surface area contributed by atoms with Gasteiger partial charge >= 0.3 is 29.9 Å². The van der Waals surface area contributed by atoms with Crippen molar-refractivity contribution < 1.29 is 55.2 Å². The van der Waals surface area contributed by atoms with Crippen LogP contribution in [0.2, 0.25) is 0 Å². The number of rotatable bonds is 9. The lowest BCUT2D eigenvalue weighted by Gasteiger charge is -2.40. The maximum absolute atomic E-state index is 12.7. The third kappa shape index (κ3) is 4.91. The van der Waals surface area contributed by atoms with Gasteiger partial charge in [0, 0.05) is 0 Å². The fourth-order valence-electron chi connectivity index (χ4n) is 4.57. The van der Waals surface area contributed by atoms with Gasteiger partial charge in [-0.1, -0.05) is 6.58 Å². The van der Waals surface area contributed by atoms with Crippen molar-refractivity contribution in [3.63, 3.8) is 0 Å². The molecule has 0 aromatic heterocycles. The van der Waals surface area contributed by atoms with E-state index in [9.17, 15) is 35.9 Å². The normalized spacial score (nSPS) is 28.6. The first-order valence-electron chi connectivity index (χ1n) is 11.4. The van der Waals surface area contributed by atoms with Gasteiger partial charge in [-0.05, 0) is 59.3 Å². The second-order valence-electron chi connectivity index (χ2n) is 10.5. The average molecular weight is 532 g/mol. The Morgan fingerprint density at radius 3 is 1.86 bits per heavy atom. The predicted molar refractivity (Wildman–Crippen MR) is 111 cm³/mol. The van der Waals surface area contributed by atoms with Crippen molar-refractivity contribution in [1.29, 1.82) is 0 Å². The van der Waals surface area contributed by atoms with Gasteiger partial charge in [-0.15, -0.1) is 0 Å². The molecule has 36 heavy (non-hydrogen) atoms.